The average molecular weight is 400 g/mol. The van der Waals surface area contributed by atoms with Crippen LogP contribution in [0.25, 0.3) is 10.8 Å². The summed E-state index contributed by atoms with van der Waals surface area (Å²) in [4.78, 5) is 17.0. The molecule has 0 atom stereocenters. The SMILES string of the molecule is COc1cc(/C=N\OCC(=O)Nc2ccc3ccccc3c2)ccc1OC(F)F. The summed E-state index contributed by atoms with van der Waals surface area (Å²) in [7, 11) is 1.34. The van der Waals surface area contributed by atoms with Crippen LogP contribution in [-0.4, -0.2) is 32.4 Å². The molecule has 29 heavy (non-hydrogen) atoms. The van der Waals surface area contributed by atoms with Crippen LogP contribution in [0.3, 0.4) is 0 Å². The molecule has 0 aliphatic rings. The number of ether oxygens (including phenoxy) is 2. The summed E-state index contributed by atoms with van der Waals surface area (Å²) in [6.45, 7) is -3.24. The smallest absolute Gasteiger partial charge is 0.387 e. The van der Waals surface area contributed by atoms with Gasteiger partial charge in [0.1, 0.15) is 0 Å². The Morgan fingerprint density at radius 3 is 2.62 bits per heavy atom. The summed E-state index contributed by atoms with van der Waals surface area (Å²) in [5, 5.41) is 8.53. The van der Waals surface area contributed by atoms with Gasteiger partial charge in [-0.15, -0.1) is 0 Å². The van der Waals surface area contributed by atoms with Gasteiger partial charge in [-0.3, -0.25) is 4.79 Å². The van der Waals surface area contributed by atoms with E-state index >= 15 is 0 Å². The number of hydrogen-bond acceptors (Lipinski definition) is 5. The maximum absolute atomic E-state index is 12.3. The molecule has 0 fully saturated rings. The number of nitrogens with one attached hydrogen (secondary N) is 1. The standard InChI is InChI=1S/C21H18F2N2O4/c1-27-19-10-14(6-9-18(19)29-21(22)23)12-24-28-13-20(26)25-17-8-7-15-4-2-3-5-16(15)11-17/h2-12,21H,13H2,1H3,(H,25,26)/b24-12-. The number of nitrogens with zero attached hydrogens (tertiary/aromatic N) is 1. The first-order valence-corrected chi connectivity index (χ1v) is 8.62. The monoisotopic (exact) mass is 400 g/mol. The molecule has 3 aromatic rings. The summed E-state index contributed by atoms with van der Waals surface area (Å²) in [6, 6.07) is 17.7. The van der Waals surface area contributed by atoms with Crippen LogP contribution in [0.4, 0.5) is 14.5 Å². The lowest BCUT2D eigenvalue weighted by Crippen LogP contribution is -2.16. The lowest BCUT2D eigenvalue weighted by Gasteiger charge is -2.09. The van der Waals surface area contributed by atoms with Crippen LogP contribution in [0.15, 0.2) is 65.8 Å². The highest BCUT2D eigenvalue weighted by Crippen LogP contribution is 2.29. The number of carbonyl (C=O) groups is 1. The number of rotatable bonds is 8. The number of anilines is 1. The fourth-order valence-corrected chi connectivity index (χ4v) is 2.62. The zero-order chi connectivity index (χ0) is 20.6. The maximum Gasteiger partial charge on any atom is 0.387 e. The zero-order valence-electron chi connectivity index (χ0n) is 15.5. The van der Waals surface area contributed by atoms with Crippen molar-refractivity contribution in [1.29, 1.82) is 0 Å². The summed E-state index contributed by atoms with van der Waals surface area (Å²) >= 11 is 0. The van der Waals surface area contributed by atoms with Crippen molar-refractivity contribution in [3.8, 4) is 11.5 Å². The van der Waals surface area contributed by atoms with Gasteiger partial charge in [0, 0.05) is 11.3 Å². The molecule has 0 saturated heterocycles. The number of hydrogen-bond donors (Lipinski definition) is 1. The van der Waals surface area contributed by atoms with Crippen molar-refractivity contribution >= 4 is 28.6 Å². The van der Waals surface area contributed by atoms with E-state index in [9.17, 15) is 13.6 Å². The van der Waals surface area contributed by atoms with Crippen LogP contribution < -0.4 is 14.8 Å². The van der Waals surface area contributed by atoms with E-state index in [4.69, 9.17) is 9.57 Å². The minimum absolute atomic E-state index is 0.0877. The van der Waals surface area contributed by atoms with Gasteiger partial charge < -0.3 is 19.6 Å². The largest absolute Gasteiger partial charge is 0.493 e. The second-order valence-corrected chi connectivity index (χ2v) is 5.91. The Labute approximate surface area is 165 Å². The number of carbonyl (C=O) groups excluding carboxylic acids is 1. The highest BCUT2D eigenvalue weighted by Gasteiger charge is 2.10. The van der Waals surface area contributed by atoms with E-state index in [1.165, 1.54) is 31.5 Å². The van der Waals surface area contributed by atoms with Gasteiger partial charge in [-0.1, -0.05) is 35.5 Å². The molecule has 0 radical (unpaired) electrons. The van der Waals surface area contributed by atoms with Crippen molar-refractivity contribution < 1.29 is 27.9 Å². The third-order valence-corrected chi connectivity index (χ3v) is 3.91. The van der Waals surface area contributed by atoms with E-state index in [0.29, 0.717) is 11.3 Å². The molecule has 150 valence electrons. The Balaban J connectivity index is 1.53. The van der Waals surface area contributed by atoms with Gasteiger partial charge in [-0.25, -0.2) is 0 Å². The average Bonchev–Trinajstić information content (AvgIpc) is 2.71. The number of alkyl halides is 2. The Kier molecular flexibility index (Phi) is 6.57. The minimum Gasteiger partial charge on any atom is -0.493 e. The normalized spacial score (nSPS) is 11.0. The molecule has 6 nitrogen and oxygen atoms in total. The van der Waals surface area contributed by atoms with Gasteiger partial charge in [-0.2, -0.15) is 8.78 Å². The molecule has 0 aliphatic heterocycles. The number of methoxy groups -OCH3 is 1. The van der Waals surface area contributed by atoms with Crippen LogP contribution in [0.2, 0.25) is 0 Å². The van der Waals surface area contributed by atoms with Crippen LogP contribution in [-0.2, 0) is 9.63 Å². The summed E-state index contributed by atoms with van der Waals surface area (Å²) < 4.78 is 34.0. The Morgan fingerprint density at radius 2 is 1.86 bits per heavy atom. The van der Waals surface area contributed by atoms with Crippen molar-refractivity contribution in [3.63, 3.8) is 0 Å². The zero-order valence-corrected chi connectivity index (χ0v) is 15.5. The molecule has 3 aromatic carbocycles. The summed E-state index contributed by atoms with van der Waals surface area (Å²) in [5.41, 5.74) is 1.18. The molecule has 0 unspecified atom stereocenters. The summed E-state index contributed by atoms with van der Waals surface area (Å²) in [6.07, 6.45) is 1.33. The second kappa shape index (κ2) is 9.50. The molecular weight excluding hydrogens is 382 g/mol. The third-order valence-electron chi connectivity index (χ3n) is 3.91. The van der Waals surface area contributed by atoms with Crippen molar-refractivity contribution in [2.75, 3.05) is 19.0 Å². The van der Waals surface area contributed by atoms with Gasteiger partial charge in [-0.05, 0) is 41.1 Å². The molecule has 0 bridgehead atoms. The molecule has 3 rings (SSSR count). The molecule has 1 N–H and O–H groups in total. The number of halogens is 2. The van der Waals surface area contributed by atoms with Crippen molar-refractivity contribution in [3.05, 3.63) is 66.2 Å². The highest BCUT2D eigenvalue weighted by molar-refractivity contribution is 5.95. The molecule has 8 heteroatoms. The topological polar surface area (TPSA) is 69.2 Å². The second-order valence-electron chi connectivity index (χ2n) is 5.91. The van der Waals surface area contributed by atoms with Crippen molar-refractivity contribution in [2.24, 2.45) is 5.16 Å². The fraction of sp³-hybridized carbons (Fsp3) is 0.143. The fourth-order valence-electron chi connectivity index (χ4n) is 2.62. The molecule has 0 heterocycles. The van der Waals surface area contributed by atoms with Crippen LogP contribution in [0.5, 0.6) is 11.5 Å². The van der Waals surface area contributed by atoms with Gasteiger partial charge >= 0.3 is 6.61 Å². The molecule has 1 amide bonds. The number of oxime groups is 1. The quantitative estimate of drug-likeness (QED) is 0.448. The predicted molar refractivity (Wildman–Crippen MR) is 106 cm³/mol. The minimum atomic E-state index is -2.95. The Hall–Kier alpha value is -3.68. The van der Waals surface area contributed by atoms with Crippen LogP contribution in [0.1, 0.15) is 5.56 Å². The van der Waals surface area contributed by atoms with Crippen LogP contribution in [0, 0.1) is 0 Å². The Bertz CT molecular complexity index is 1020. The van der Waals surface area contributed by atoms with Gasteiger partial charge in [0.15, 0.2) is 18.1 Å². The van der Waals surface area contributed by atoms with E-state index in [1.807, 2.05) is 36.4 Å². The molecule has 0 aromatic heterocycles. The third kappa shape index (κ3) is 5.65. The molecule has 0 spiro atoms. The van der Waals surface area contributed by atoms with E-state index < -0.39 is 6.61 Å². The molecule has 0 aliphatic carbocycles. The highest BCUT2D eigenvalue weighted by atomic mass is 19.3. The van der Waals surface area contributed by atoms with Gasteiger partial charge in [0.2, 0.25) is 0 Å². The van der Waals surface area contributed by atoms with E-state index in [1.54, 1.807) is 6.07 Å². The first-order chi connectivity index (χ1) is 14.0. The number of fused-ring (bicyclic) bond motifs is 1. The van der Waals surface area contributed by atoms with E-state index in [0.717, 1.165) is 10.8 Å². The molecular formula is C21H18F2N2O4. The van der Waals surface area contributed by atoms with Crippen molar-refractivity contribution in [2.45, 2.75) is 6.61 Å². The lowest BCUT2D eigenvalue weighted by molar-refractivity contribution is -0.120. The van der Waals surface area contributed by atoms with Crippen LogP contribution >= 0.6 is 0 Å². The number of benzene rings is 3. The summed E-state index contributed by atoms with van der Waals surface area (Å²) in [5.74, 6) is -0.325. The van der Waals surface area contributed by atoms with E-state index in [-0.39, 0.29) is 24.0 Å². The van der Waals surface area contributed by atoms with Crippen molar-refractivity contribution in [1.82, 2.24) is 0 Å². The van der Waals surface area contributed by atoms with Gasteiger partial charge in [0.05, 0.1) is 13.3 Å². The van der Waals surface area contributed by atoms with Gasteiger partial charge in [0.25, 0.3) is 5.91 Å². The Morgan fingerprint density at radius 1 is 1.07 bits per heavy atom. The predicted octanol–water partition coefficient (Wildman–Crippen LogP) is 4.44. The lowest BCUT2D eigenvalue weighted by atomic mass is 10.1. The van der Waals surface area contributed by atoms with E-state index in [2.05, 4.69) is 15.2 Å². The first-order valence-electron chi connectivity index (χ1n) is 8.62. The first kappa shape index (κ1) is 20.1. The molecule has 0 saturated carbocycles. The maximum atomic E-state index is 12.3. The number of amides is 1.